The van der Waals surface area contributed by atoms with E-state index < -0.39 is 5.97 Å². The molecular formula is C28H32ClN3O4S. The fraction of sp³-hybridized carbons (Fsp3) is 0.429. The number of anilines is 1. The molecule has 196 valence electrons. The number of aliphatic carboxylic acids is 1. The van der Waals surface area contributed by atoms with Gasteiger partial charge in [-0.3, -0.25) is 9.69 Å². The molecule has 2 aliphatic rings. The summed E-state index contributed by atoms with van der Waals surface area (Å²) in [6.07, 6.45) is 0. The maximum atomic E-state index is 11.5. The molecule has 0 aliphatic carbocycles. The zero-order valence-corrected chi connectivity index (χ0v) is 22.7. The molecule has 2 aromatic carbocycles. The van der Waals surface area contributed by atoms with Crippen LogP contribution in [0.4, 0.5) is 5.13 Å². The molecule has 37 heavy (non-hydrogen) atoms. The van der Waals surface area contributed by atoms with Gasteiger partial charge < -0.3 is 19.5 Å². The number of nitrogens with zero attached hydrogens (tertiary/aromatic N) is 3. The number of aromatic nitrogens is 1. The first kappa shape index (κ1) is 26.0. The van der Waals surface area contributed by atoms with Crippen LogP contribution in [0, 0.1) is 18.8 Å². The summed E-state index contributed by atoms with van der Waals surface area (Å²) in [4.78, 5) is 20.8. The predicted octanol–water partition coefficient (Wildman–Crippen LogP) is 5.34. The minimum absolute atomic E-state index is 0.0819. The highest BCUT2D eigenvalue weighted by Crippen LogP contribution is 2.37. The third-order valence-electron chi connectivity index (χ3n) is 7.21. The molecule has 2 aliphatic heterocycles. The number of aryl methyl sites for hydroxylation is 1. The zero-order chi connectivity index (χ0) is 25.9. The van der Waals surface area contributed by atoms with E-state index >= 15 is 0 Å². The number of ether oxygens (including phenoxy) is 2. The second kappa shape index (κ2) is 11.4. The van der Waals surface area contributed by atoms with Crippen molar-refractivity contribution in [1.29, 1.82) is 0 Å². The molecule has 5 rings (SSSR count). The molecule has 0 bridgehead atoms. The summed E-state index contributed by atoms with van der Waals surface area (Å²) in [5.74, 6) is -0.322. The van der Waals surface area contributed by atoms with E-state index in [1.807, 2.05) is 30.5 Å². The van der Waals surface area contributed by atoms with Crippen molar-refractivity contribution in [3.63, 3.8) is 0 Å². The number of hydrogen-bond acceptors (Lipinski definition) is 7. The summed E-state index contributed by atoms with van der Waals surface area (Å²) >= 11 is 7.86. The number of halogens is 1. The lowest BCUT2D eigenvalue weighted by Gasteiger charge is -2.26. The molecule has 0 spiro atoms. The van der Waals surface area contributed by atoms with Crippen LogP contribution in [-0.2, 0) is 22.7 Å². The molecule has 1 N–H and O–H groups in total. The molecule has 2 atom stereocenters. The Hall–Kier alpha value is -2.65. The molecule has 0 radical (unpaired) electrons. The Kier molecular flexibility index (Phi) is 8.00. The van der Waals surface area contributed by atoms with E-state index in [4.69, 9.17) is 26.1 Å². The smallest absolute Gasteiger partial charge is 0.308 e. The second-order valence-corrected chi connectivity index (χ2v) is 11.2. The van der Waals surface area contributed by atoms with Crippen LogP contribution in [0.1, 0.15) is 23.6 Å². The molecule has 0 saturated carbocycles. The summed E-state index contributed by atoms with van der Waals surface area (Å²) in [6, 6.07) is 12.2. The lowest BCUT2D eigenvalue weighted by atomic mass is 9.99. The van der Waals surface area contributed by atoms with Gasteiger partial charge in [0.2, 0.25) is 0 Å². The number of morpholine rings is 1. The van der Waals surface area contributed by atoms with Crippen molar-refractivity contribution in [2.45, 2.75) is 27.0 Å². The SMILES string of the molecule is Cc1cc(CN2CCOCC2)ccc1COc1ccc(Cl)cc1-c1csc(N2CC(C)C(C(=O)O)C2)n1. The fourth-order valence-electron chi connectivity index (χ4n) is 5.00. The van der Waals surface area contributed by atoms with E-state index in [-0.39, 0.29) is 11.8 Å². The first-order valence-electron chi connectivity index (χ1n) is 12.6. The van der Waals surface area contributed by atoms with E-state index in [9.17, 15) is 9.90 Å². The van der Waals surface area contributed by atoms with Gasteiger partial charge in [0.1, 0.15) is 12.4 Å². The van der Waals surface area contributed by atoms with Crippen molar-refractivity contribution >= 4 is 34.0 Å². The molecule has 1 aromatic heterocycles. The average molecular weight is 542 g/mol. The van der Waals surface area contributed by atoms with Gasteiger partial charge in [-0.15, -0.1) is 11.3 Å². The van der Waals surface area contributed by atoms with Crippen molar-refractivity contribution in [3.05, 3.63) is 63.5 Å². The highest BCUT2D eigenvalue weighted by Gasteiger charge is 2.36. The maximum Gasteiger partial charge on any atom is 0.308 e. The summed E-state index contributed by atoms with van der Waals surface area (Å²) in [5.41, 5.74) is 5.25. The van der Waals surface area contributed by atoms with Crippen LogP contribution in [0.15, 0.2) is 41.8 Å². The third kappa shape index (κ3) is 6.09. The molecule has 9 heteroatoms. The topological polar surface area (TPSA) is 75.1 Å². The number of carboxylic acid groups (broad SMARTS) is 1. The predicted molar refractivity (Wildman–Crippen MR) is 147 cm³/mol. The second-order valence-electron chi connectivity index (χ2n) is 9.92. The van der Waals surface area contributed by atoms with Crippen molar-refractivity contribution in [1.82, 2.24) is 9.88 Å². The van der Waals surface area contributed by atoms with E-state index in [0.717, 1.165) is 60.5 Å². The lowest BCUT2D eigenvalue weighted by molar-refractivity contribution is -0.142. The minimum Gasteiger partial charge on any atom is -0.488 e. The van der Waals surface area contributed by atoms with E-state index in [1.165, 1.54) is 22.5 Å². The van der Waals surface area contributed by atoms with Crippen molar-refractivity contribution in [2.24, 2.45) is 11.8 Å². The van der Waals surface area contributed by atoms with Gasteiger partial charge >= 0.3 is 5.97 Å². The van der Waals surface area contributed by atoms with E-state index in [2.05, 4.69) is 34.9 Å². The average Bonchev–Trinajstić information content (AvgIpc) is 3.52. The Morgan fingerprint density at radius 2 is 2.03 bits per heavy atom. The molecule has 2 saturated heterocycles. The largest absolute Gasteiger partial charge is 0.488 e. The van der Waals surface area contributed by atoms with Gasteiger partial charge in [-0.1, -0.05) is 36.7 Å². The maximum absolute atomic E-state index is 11.5. The fourth-order valence-corrected chi connectivity index (χ4v) is 6.02. The normalized spacial score (nSPS) is 20.4. The van der Waals surface area contributed by atoms with Crippen LogP contribution in [0.5, 0.6) is 5.75 Å². The van der Waals surface area contributed by atoms with Crippen molar-refractivity contribution in [2.75, 3.05) is 44.3 Å². The Labute approximate surface area is 226 Å². The van der Waals surface area contributed by atoms with Crippen LogP contribution in [-0.4, -0.2) is 60.4 Å². The van der Waals surface area contributed by atoms with Gasteiger partial charge in [0.25, 0.3) is 0 Å². The van der Waals surface area contributed by atoms with Gasteiger partial charge in [-0.05, 0) is 47.7 Å². The number of hydrogen-bond donors (Lipinski definition) is 1. The quantitative estimate of drug-likeness (QED) is 0.412. The van der Waals surface area contributed by atoms with Gasteiger partial charge in [0.05, 0.1) is 24.8 Å². The van der Waals surface area contributed by atoms with Gasteiger partial charge in [-0.25, -0.2) is 4.98 Å². The summed E-state index contributed by atoms with van der Waals surface area (Å²) in [6.45, 7) is 10.2. The van der Waals surface area contributed by atoms with Crippen LogP contribution < -0.4 is 9.64 Å². The van der Waals surface area contributed by atoms with Crippen LogP contribution in [0.2, 0.25) is 5.02 Å². The first-order valence-corrected chi connectivity index (χ1v) is 13.9. The highest BCUT2D eigenvalue weighted by atomic mass is 35.5. The van der Waals surface area contributed by atoms with Gasteiger partial charge in [0, 0.05) is 48.7 Å². The summed E-state index contributed by atoms with van der Waals surface area (Å²) in [5, 5.41) is 12.9. The molecule has 2 fully saturated rings. The molecular weight excluding hydrogens is 510 g/mol. The summed E-state index contributed by atoms with van der Waals surface area (Å²) in [7, 11) is 0. The zero-order valence-electron chi connectivity index (χ0n) is 21.2. The summed E-state index contributed by atoms with van der Waals surface area (Å²) < 4.78 is 11.7. The van der Waals surface area contributed by atoms with Gasteiger partial charge in [0.15, 0.2) is 5.13 Å². The monoisotopic (exact) mass is 541 g/mol. The molecule has 0 amide bonds. The number of benzene rings is 2. The van der Waals surface area contributed by atoms with Crippen LogP contribution in [0.25, 0.3) is 11.3 Å². The van der Waals surface area contributed by atoms with Crippen LogP contribution >= 0.6 is 22.9 Å². The Balaban J connectivity index is 1.28. The highest BCUT2D eigenvalue weighted by molar-refractivity contribution is 7.14. The van der Waals surface area contributed by atoms with E-state index in [1.54, 1.807) is 0 Å². The number of carbonyl (C=O) groups is 1. The molecule has 7 nitrogen and oxygen atoms in total. The van der Waals surface area contributed by atoms with Gasteiger partial charge in [-0.2, -0.15) is 0 Å². The number of rotatable bonds is 8. The third-order valence-corrected chi connectivity index (χ3v) is 8.35. The molecule has 2 unspecified atom stereocenters. The lowest BCUT2D eigenvalue weighted by Crippen LogP contribution is -2.35. The van der Waals surface area contributed by atoms with E-state index in [0.29, 0.717) is 24.7 Å². The van der Waals surface area contributed by atoms with Crippen molar-refractivity contribution in [3.8, 4) is 17.0 Å². The Morgan fingerprint density at radius 3 is 2.76 bits per heavy atom. The standard InChI is InChI=1S/C28H32ClN3O4S/c1-18-11-20(14-31-7-9-35-10-8-31)3-4-21(18)16-36-26-6-5-22(29)12-23(26)25-17-37-28(30-25)32-13-19(2)24(15-32)27(33)34/h3-6,11-12,17,19,24H,7-10,13-16H2,1-2H3,(H,33,34). The Morgan fingerprint density at radius 1 is 1.22 bits per heavy atom. The minimum atomic E-state index is -0.748. The Bertz CT molecular complexity index is 1260. The first-order chi connectivity index (χ1) is 17.9. The van der Waals surface area contributed by atoms with Crippen LogP contribution in [0.3, 0.4) is 0 Å². The number of carboxylic acids is 1. The van der Waals surface area contributed by atoms with Crippen molar-refractivity contribution < 1.29 is 19.4 Å². The number of thiazole rings is 1. The molecule has 3 aromatic rings. The molecule has 3 heterocycles.